The van der Waals surface area contributed by atoms with Gasteiger partial charge in [-0.2, -0.15) is 5.10 Å². The van der Waals surface area contributed by atoms with Crippen LogP contribution < -0.4 is 4.74 Å². The number of aryl methyl sites for hydroxylation is 1. The van der Waals surface area contributed by atoms with E-state index in [-0.39, 0.29) is 5.69 Å². The van der Waals surface area contributed by atoms with Crippen LogP contribution >= 0.6 is 0 Å². The standard InChI is InChI=1S/C15H15FN2O3/c1-18-13(7-12(17-18)15(19)20)11-6-10(16)4-5-14(11)21-8-9-2-3-9/h4-7,9H,2-3,8H2,1H3,(H,19,20). The quantitative estimate of drug-likeness (QED) is 0.919. The summed E-state index contributed by atoms with van der Waals surface area (Å²) in [6.45, 7) is 0.599. The lowest BCUT2D eigenvalue weighted by Crippen LogP contribution is -2.02. The van der Waals surface area contributed by atoms with E-state index in [1.54, 1.807) is 13.1 Å². The predicted octanol–water partition coefficient (Wildman–Crippen LogP) is 2.71. The molecule has 1 fully saturated rings. The van der Waals surface area contributed by atoms with Crippen molar-refractivity contribution in [1.82, 2.24) is 9.78 Å². The molecule has 1 aliphatic carbocycles. The summed E-state index contributed by atoms with van der Waals surface area (Å²) in [5, 5.41) is 12.9. The monoisotopic (exact) mass is 290 g/mol. The molecule has 110 valence electrons. The fourth-order valence-corrected chi connectivity index (χ4v) is 2.14. The molecule has 1 N–H and O–H groups in total. The Morgan fingerprint density at radius 1 is 1.48 bits per heavy atom. The van der Waals surface area contributed by atoms with Gasteiger partial charge in [-0.25, -0.2) is 9.18 Å². The van der Waals surface area contributed by atoms with Crippen molar-refractivity contribution in [3.8, 4) is 17.0 Å². The average Bonchev–Trinajstić information content (AvgIpc) is 3.18. The van der Waals surface area contributed by atoms with Crippen molar-refractivity contribution in [2.45, 2.75) is 12.8 Å². The van der Waals surface area contributed by atoms with Gasteiger partial charge < -0.3 is 9.84 Å². The summed E-state index contributed by atoms with van der Waals surface area (Å²) in [6.07, 6.45) is 2.32. The maximum absolute atomic E-state index is 13.5. The smallest absolute Gasteiger partial charge is 0.356 e. The van der Waals surface area contributed by atoms with Crippen LogP contribution in [0.3, 0.4) is 0 Å². The van der Waals surface area contributed by atoms with Crippen molar-refractivity contribution >= 4 is 5.97 Å². The van der Waals surface area contributed by atoms with Crippen molar-refractivity contribution in [2.75, 3.05) is 6.61 Å². The minimum Gasteiger partial charge on any atom is -0.493 e. The number of ether oxygens (including phenoxy) is 1. The topological polar surface area (TPSA) is 64.4 Å². The summed E-state index contributed by atoms with van der Waals surface area (Å²) in [5.74, 6) is -0.400. The molecule has 6 heteroatoms. The first kappa shape index (κ1) is 13.6. The van der Waals surface area contributed by atoms with Crippen LogP contribution in [0.2, 0.25) is 0 Å². The minimum absolute atomic E-state index is 0.0788. The average molecular weight is 290 g/mol. The highest BCUT2D eigenvalue weighted by atomic mass is 19.1. The van der Waals surface area contributed by atoms with Crippen LogP contribution in [0.25, 0.3) is 11.3 Å². The molecule has 0 aliphatic heterocycles. The number of aromatic nitrogens is 2. The van der Waals surface area contributed by atoms with E-state index >= 15 is 0 Å². The van der Waals surface area contributed by atoms with E-state index < -0.39 is 11.8 Å². The van der Waals surface area contributed by atoms with Gasteiger partial charge in [0, 0.05) is 12.6 Å². The van der Waals surface area contributed by atoms with E-state index in [0.717, 1.165) is 12.8 Å². The molecular weight excluding hydrogens is 275 g/mol. The van der Waals surface area contributed by atoms with Crippen LogP contribution in [0.5, 0.6) is 5.75 Å². The summed E-state index contributed by atoms with van der Waals surface area (Å²) in [5.41, 5.74) is 0.945. The van der Waals surface area contributed by atoms with Crippen molar-refractivity contribution < 1.29 is 19.0 Å². The number of carbonyl (C=O) groups is 1. The first-order chi connectivity index (χ1) is 10.0. The van der Waals surface area contributed by atoms with E-state index in [9.17, 15) is 9.18 Å². The van der Waals surface area contributed by atoms with Crippen LogP contribution in [-0.4, -0.2) is 27.5 Å². The maximum atomic E-state index is 13.5. The number of benzene rings is 1. The van der Waals surface area contributed by atoms with Gasteiger partial charge in [-0.05, 0) is 43.0 Å². The molecule has 1 aliphatic rings. The summed E-state index contributed by atoms with van der Waals surface area (Å²) in [6, 6.07) is 5.66. The van der Waals surface area contributed by atoms with Gasteiger partial charge >= 0.3 is 5.97 Å². The zero-order valence-corrected chi connectivity index (χ0v) is 11.5. The van der Waals surface area contributed by atoms with E-state index in [0.29, 0.717) is 29.5 Å². The van der Waals surface area contributed by atoms with E-state index in [1.165, 1.54) is 22.9 Å². The van der Waals surface area contributed by atoms with Crippen LogP contribution in [0.4, 0.5) is 4.39 Å². The molecule has 0 bridgehead atoms. The van der Waals surface area contributed by atoms with Crippen LogP contribution in [-0.2, 0) is 7.05 Å². The molecule has 5 nitrogen and oxygen atoms in total. The number of aromatic carboxylic acids is 1. The Morgan fingerprint density at radius 3 is 2.86 bits per heavy atom. The number of nitrogens with zero attached hydrogens (tertiary/aromatic N) is 2. The molecule has 0 unspecified atom stereocenters. The van der Waals surface area contributed by atoms with Gasteiger partial charge in [0.2, 0.25) is 0 Å². The van der Waals surface area contributed by atoms with Crippen LogP contribution in [0.1, 0.15) is 23.3 Å². The second kappa shape index (κ2) is 5.20. The predicted molar refractivity (Wildman–Crippen MR) is 73.8 cm³/mol. The van der Waals surface area contributed by atoms with Gasteiger partial charge in [0.1, 0.15) is 11.6 Å². The summed E-state index contributed by atoms with van der Waals surface area (Å²) >= 11 is 0. The Balaban J connectivity index is 1.98. The first-order valence-electron chi connectivity index (χ1n) is 6.74. The van der Waals surface area contributed by atoms with E-state index in [4.69, 9.17) is 9.84 Å². The summed E-state index contributed by atoms with van der Waals surface area (Å²) in [4.78, 5) is 11.0. The van der Waals surface area contributed by atoms with Gasteiger partial charge in [0.05, 0.1) is 12.3 Å². The molecular formula is C15H15FN2O3. The van der Waals surface area contributed by atoms with Crippen LogP contribution in [0, 0.1) is 11.7 Å². The van der Waals surface area contributed by atoms with Gasteiger partial charge in [-0.15, -0.1) is 0 Å². The Hall–Kier alpha value is -2.37. The second-order valence-corrected chi connectivity index (χ2v) is 5.24. The number of hydrogen-bond donors (Lipinski definition) is 1. The molecule has 0 amide bonds. The van der Waals surface area contributed by atoms with Crippen molar-refractivity contribution in [1.29, 1.82) is 0 Å². The SMILES string of the molecule is Cn1nc(C(=O)O)cc1-c1cc(F)ccc1OCC1CC1. The minimum atomic E-state index is -1.12. The molecule has 3 rings (SSSR count). The van der Waals surface area contributed by atoms with Crippen LogP contribution in [0.15, 0.2) is 24.3 Å². The molecule has 21 heavy (non-hydrogen) atoms. The van der Waals surface area contributed by atoms with Gasteiger partial charge in [0.15, 0.2) is 5.69 Å². The lowest BCUT2D eigenvalue weighted by molar-refractivity contribution is 0.0689. The molecule has 2 aromatic rings. The number of rotatable bonds is 5. The molecule has 1 aromatic carbocycles. The third-order valence-corrected chi connectivity index (χ3v) is 3.49. The molecule has 0 spiro atoms. The van der Waals surface area contributed by atoms with Crippen molar-refractivity contribution in [3.05, 3.63) is 35.8 Å². The molecule has 0 radical (unpaired) electrons. The number of carboxylic acid groups (broad SMARTS) is 1. The van der Waals surface area contributed by atoms with Crippen molar-refractivity contribution in [3.63, 3.8) is 0 Å². The highest BCUT2D eigenvalue weighted by molar-refractivity contribution is 5.87. The third kappa shape index (κ3) is 2.89. The highest BCUT2D eigenvalue weighted by Crippen LogP contribution is 2.34. The molecule has 0 saturated heterocycles. The fraction of sp³-hybridized carbons (Fsp3) is 0.333. The van der Waals surface area contributed by atoms with E-state index in [1.807, 2.05) is 0 Å². The Kier molecular flexibility index (Phi) is 3.37. The zero-order chi connectivity index (χ0) is 15.0. The fourth-order valence-electron chi connectivity index (χ4n) is 2.14. The normalized spacial score (nSPS) is 14.2. The number of carboxylic acids is 1. The molecule has 0 atom stereocenters. The Bertz CT molecular complexity index is 692. The zero-order valence-electron chi connectivity index (χ0n) is 11.5. The highest BCUT2D eigenvalue weighted by Gasteiger charge is 2.23. The first-order valence-corrected chi connectivity index (χ1v) is 6.74. The summed E-state index contributed by atoms with van der Waals surface area (Å²) in [7, 11) is 1.62. The largest absolute Gasteiger partial charge is 0.493 e. The van der Waals surface area contributed by atoms with Gasteiger partial charge in [-0.1, -0.05) is 0 Å². The number of halogens is 1. The molecule has 1 heterocycles. The van der Waals surface area contributed by atoms with E-state index in [2.05, 4.69) is 5.10 Å². The third-order valence-electron chi connectivity index (χ3n) is 3.49. The molecule has 1 saturated carbocycles. The Morgan fingerprint density at radius 2 is 2.24 bits per heavy atom. The van der Waals surface area contributed by atoms with Crippen molar-refractivity contribution in [2.24, 2.45) is 13.0 Å². The second-order valence-electron chi connectivity index (χ2n) is 5.24. The lowest BCUT2D eigenvalue weighted by atomic mass is 10.1. The number of hydrogen-bond acceptors (Lipinski definition) is 3. The van der Waals surface area contributed by atoms with Gasteiger partial charge in [0.25, 0.3) is 0 Å². The maximum Gasteiger partial charge on any atom is 0.356 e. The molecule has 1 aromatic heterocycles. The summed E-state index contributed by atoms with van der Waals surface area (Å²) < 4.78 is 20.7. The lowest BCUT2D eigenvalue weighted by Gasteiger charge is -2.11. The van der Waals surface area contributed by atoms with Gasteiger partial charge in [-0.3, -0.25) is 4.68 Å². The Labute approximate surface area is 121 Å².